The van der Waals surface area contributed by atoms with Gasteiger partial charge in [-0.25, -0.2) is 0 Å². The van der Waals surface area contributed by atoms with Crippen molar-refractivity contribution in [3.05, 3.63) is 18.0 Å². The first-order valence-electron chi connectivity index (χ1n) is 3.75. The van der Waals surface area contributed by atoms with Crippen molar-refractivity contribution in [3.8, 4) is 11.8 Å². The lowest BCUT2D eigenvalue weighted by Crippen LogP contribution is -1.86. The first-order chi connectivity index (χ1) is 5.33. The minimum Gasteiger partial charge on any atom is -0.275 e. The van der Waals surface area contributed by atoms with Crippen LogP contribution in [0.15, 0.2) is 12.3 Å². The smallest absolute Gasteiger partial charge is 0.135 e. The third-order valence-electron chi connectivity index (χ3n) is 0.967. The Hall–Kier alpha value is -1.23. The van der Waals surface area contributed by atoms with E-state index in [-0.39, 0.29) is 0 Å². The third-order valence-corrected chi connectivity index (χ3v) is 0.967. The summed E-state index contributed by atoms with van der Waals surface area (Å²) in [5.41, 5.74) is 0.833. The maximum absolute atomic E-state index is 4.04. The Morgan fingerprint density at radius 1 is 1.45 bits per heavy atom. The van der Waals surface area contributed by atoms with Gasteiger partial charge in [-0.2, -0.15) is 5.10 Å². The fourth-order valence-electron chi connectivity index (χ4n) is 0.610. The predicted octanol–water partition coefficient (Wildman–Crippen LogP) is 1.82. The Morgan fingerprint density at radius 2 is 2.09 bits per heavy atom. The molecule has 0 saturated heterocycles. The van der Waals surface area contributed by atoms with Crippen LogP contribution in [-0.2, 0) is 7.05 Å². The summed E-state index contributed by atoms with van der Waals surface area (Å²) in [7, 11) is 1.88. The summed E-state index contributed by atoms with van der Waals surface area (Å²) in [4.78, 5) is 0. The van der Waals surface area contributed by atoms with E-state index >= 15 is 0 Å². The molecule has 2 heteroatoms. The summed E-state index contributed by atoms with van der Waals surface area (Å²) in [5, 5.41) is 4.04. The maximum atomic E-state index is 4.04. The monoisotopic (exact) mass is 150 g/mol. The first kappa shape index (κ1) is 9.77. The van der Waals surface area contributed by atoms with E-state index < -0.39 is 0 Å². The molecule has 0 aliphatic heterocycles. The zero-order valence-corrected chi connectivity index (χ0v) is 7.55. The van der Waals surface area contributed by atoms with Crippen molar-refractivity contribution in [2.24, 2.45) is 7.05 Å². The molecule has 0 bridgehead atoms. The lowest BCUT2D eigenvalue weighted by atomic mass is 10.4. The number of hydrogen-bond acceptors (Lipinski definition) is 1. The third kappa shape index (κ3) is 3.47. The molecule has 0 aromatic carbocycles. The molecule has 1 heterocycles. The summed E-state index contributed by atoms with van der Waals surface area (Å²) < 4.78 is 1.74. The van der Waals surface area contributed by atoms with Crippen LogP contribution in [0.4, 0.5) is 0 Å². The van der Waals surface area contributed by atoms with E-state index in [1.807, 2.05) is 33.2 Å². The van der Waals surface area contributed by atoms with E-state index in [4.69, 9.17) is 0 Å². The topological polar surface area (TPSA) is 17.8 Å². The maximum Gasteiger partial charge on any atom is 0.135 e. The molecule has 60 valence electrons. The van der Waals surface area contributed by atoms with Crippen molar-refractivity contribution >= 4 is 0 Å². The van der Waals surface area contributed by atoms with Gasteiger partial charge in [-0.05, 0) is 18.9 Å². The zero-order valence-electron chi connectivity index (χ0n) is 7.55. The Kier molecular flexibility index (Phi) is 4.93. The average Bonchev–Trinajstić information content (AvgIpc) is 2.41. The highest BCUT2D eigenvalue weighted by Gasteiger charge is 1.86. The lowest BCUT2D eigenvalue weighted by Gasteiger charge is -1.80. The van der Waals surface area contributed by atoms with Crippen LogP contribution in [0.5, 0.6) is 0 Å². The highest BCUT2D eigenvalue weighted by molar-refractivity contribution is 5.24. The molecule has 1 rings (SSSR count). The largest absolute Gasteiger partial charge is 0.275 e. The van der Waals surface area contributed by atoms with Crippen LogP contribution in [0, 0.1) is 11.8 Å². The van der Waals surface area contributed by atoms with E-state index in [1.165, 1.54) is 0 Å². The molecular formula is C9H14N2. The highest BCUT2D eigenvalue weighted by Crippen LogP contribution is 1.88. The van der Waals surface area contributed by atoms with E-state index in [0.717, 1.165) is 5.69 Å². The molecule has 11 heavy (non-hydrogen) atoms. The summed E-state index contributed by atoms with van der Waals surface area (Å²) >= 11 is 0. The number of hydrogen-bond donors (Lipinski definition) is 0. The SMILES string of the molecule is CC.CC#Cc1ccn(C)n1. The molecule has 0 atom stereocenters. The Balaban J connectivity index is 0.000000461. The van der Waals surface area contributed by atoms with Gasteiger partial charge in [0.1, 0.15) is 5.69 Å². The molecule has 0 unspecified atom stereocenters. The summed E-state index contributed by atoms with van der Waals surface area (Å²) in [5.74, 6) is 5.62. The average molecular weight is 150 g/mol. The van der Waals surface area contributed by atoms with Crippen molar-refractivity contribution in [2.75, 3.05) is 0 Å². The van der Waals surface area contributed by atoms with E-state index in [2.05, 4.69) is 16.9 Å². The summed E-state index contributed by atoms with van der Waals surface area (Å²) in [6.07, 6.45) is 1.87. The van der Waals surface area contributed by atoms with Gasteiger partial charge < -0.3 is 0 Å². The minimum absolute atomic E-state index is 0.833. The van der Waals surface area contributed by atoms with Crippen LogP contribution in [-0.4, -0.2) is 9.78 Å². The first-order valence-corrected chi connectivity index (χ1v) is 3.75. The molecule has 0 fully saturated rings. The molecule has 1 aromatic rings. The Labute approximate surface area is 68.2 Å². The van der Waals surface area contributed by atoms with Crippen molar-refractivity contribution < 1.29 is 0 Å². The number of aromatic nitrogens is 2. The quantitative estimate of drug-likeness (QED) is 0.516. The van der Waals surface area contributed by atoms with Gasteiger partial charge in [0.25, 0.3) is 0 Å². The molecule has 1 aromatic heterocycles. The fraction of sp³-hybridized carbons (Fsp3) is 0.444. The molecule has 2 nitrogen and oxygen atoms in total. The molecule has 0 aliphatic carbocycles. The minimum atomic E-state index is 0.833. The lowest BCUT2D eigenvalue weighted by molar-refractivity contribution is 0.764. The Morgan fingerprint density at radius 3 is 2.45 bits per heavy atom. The normalized spacial score (nSPS) is 7.27. The highest BCUT2D eigenvalue weighted by atomic mass is 15.2. The van der Waals surface area contributed by atoms with E-state index in [0.29, 0.717) is 0 Å². The molecule has 0 amide bonds. The van der Waals surface area contributed by atoms with Crippen LogP contribution in [0.25, 0.3) is 0 Å². The van der Waals surface area contributed by atoms with Gasteiger partial charge >= 0.3 is 0 Å². The van der Waals surface area contributed by atoms with Gasteiger partial charge in [-0.3, -0.25) is 4.68 Å². The number of aryl methyl sites for hydroxylation is 1. The van der Waals surface area contributed by atoms with Gasteiger partial charge in [0.2, 0.25) is 0 Å². The zero-order chi connectivity index (χ0) is 8.69. The molecule has 0 saturated carbocycles. The van der Waals surface area contributed by atoms with Crippen LogP contribution in [0.3, 0.4) is 0 Å². The van der Waals surface area contributed by atoms with Crippen molar-refractivity contribution in [3.63, 3.8) is 0 Å². The molecule has 0 aliphatic rings. The summed E-state index contributed by atoms with van der Waals surface area (Å²) in [6, 6.07) is 1.89. The van der Waals surface area contributed by atoms with Crippen LogP contribution >= 0.6 is 0 Å². The second-order valence-electron chi connectivity index (χ2n) is 1.75. The molecule has 0 spiro atoms. The molecular weight excluding hydrogens is 136 g/mol. The second-order valence-corrected chi connectivity index (χ2v) is 1.75. The van der Waals surface area contributed by atoms with Crippen molar-refractivity contribution in [2.45, 2.75) is 20.8 Å². The molecule has 0 radical (unpaired) electrons. The van der Waals surface area contributed by atoms with Gasteiger partial charge in [-0.15, -0.1) is 0 Å². The van der Waals surface area contributed by atoms with Gasteiger partial charge in [-0.1, -0.05) is 19.8 Å². The van der Waals surface area contributed by atoms with Gasteiger partial charge in [0.05, 0.1) is 0 Å². The Bertz CT molecular complexity index is 250. The summed E-state index contributed by atoms with van der Waals surface area (Å²) in [6.45, 7) is 5.80. The van der Waals surface area contributed by atoms with E-state index in [9.17, 15) is 0 Å². The number of nitrogens with zero attached hydrogens (tertiary/aromatic N) is 2. The molecule has 0 N–H and O–H groups in total. The van der Waals surface area contributed by atoms with Crippen molar-refractivity contribution in [1.82, 2.24) is 9.78 Å². The number of rotatable bonds is 0. The van der Waals surface area contributed by atoms with E-state index in [1.54, 1.807) is 11.6 Å². The van der Waals surface area contributed by atoms with Crippen LogP contribution < -0.4 is 0 Å². The van der Waals surface area contributed by atoms with Gasteiger partial charge in [0.15, 0.2) is 0 Å². The van der Waals surface area contributed by atoms with Crippen LogP contribution in [0.1, 0.15) is 26.5 Å². The fourth-order valence-corrected chi connectivity index (χ4v) is 0.610. The standard InChI is InChI=1S/C7H8N2.C2H6/c1-3-4-7-5-6-9(2)8-7;1-2/h5-6H,1-2H3;1-2H3. The van der Waals surface area contributed by atoms with Crippen LogP contribution in [0.2, 0.25) is 0 Å². The predicted molar refractivity (Wildman–Crippen MR) is 47.1 cm³/mol. The van der Waals surface area contributed by atoms with Crippen molar-refractivity contribution in [1.29, 1.82) is 0 Å². The second kappa shape index (κ2) is 5.55. The van der Waals surface area contributed by atoms with Gasteiger partial charge in [0, 0.05) is 13.2 Å².